The summed E-state index contributed by atoms with van der Waals surface area (Å²) >= 11 is 3.48. The largest absolute Gasteiger partial charge is 0.370 e. The molecule has 1 aliphatic rings. The highest BCUT2D eigenvalue weighted by Gasteiger charge is 2.25. The van der Waals surface area contributed by atoms with E-state index in [1.165, 1.54) is 0 Å². The Bertz CT molecular complexity index is 481. The number of morpholine rings is 1. The Morgan fingerprint density at radius 1 is 1.32 bits per heavy atom. The minimum atomic E-state index is -0.0209. The summed E-state index contributed by atoms with van der Waals surface area (Å²) in [4.78, 5) is 14.3. The van der Waals surface area contributed by atoms with Gasteiger partial charge in [0.05, 0.1) is 13.2 Å². The van der Waals surface area contributed by atoms with Crippen LogP contribution in [0.2, 0.25) is 0 Å². The Morgan fingerprint density at radius 3 is 2.91 bits per heavy atom. The van der Waals surface area contributed by atoms with Gasteiger partial charge >= 0.3 is 0 Å². The Balaban J connectivity index is 1.81. The maximum atomic E-state index is 12.3. The van der Waals surface area contributed by atoms with E-state index in [1.807, 2.05) is 17.0 Å². The molecule has 4 nitrogen and oxygen atoms in total. The van der Waals surface area contributed by atoms with Crippen molar-refractivity contribution in [3.63, 3.8) is 0 Å². The van der Waals surface area contributed by atoms with Crippen LogP contribution in [0.25, 0.3) is 0 Å². The fourth-order valence-electron chi connectivity index (χ4n) is 2.72. The van der Waals surface area contributed by atoms with Crippen LogP contribution in [0.1, 0.15) is 43.8 Å². The minimum Gasteiger partial charge on any atom is -0.370 e. The number of carbonyl (C=O) groups is 1. The molecule has 1 unspecified atom stereocenters. The third-order valence-corrected chi connectivity index (χ3v) is 4.48. The second-order valence-corrected chi connectivity index (χ2v) is 6.62. The molecule has 0 spiro atoms. The lowest BCUT2D eigenvalue weighted by Gasteiger charge is -2.33. The summed E-state index contributed by atoms with van der Waals surface area (Å²) in [6.07, 6.45) is 4.83. The average Bonchev–Trinajstić information content (AvgIpc) is 2.54. The van der Waals surface area contributed by atoms with Gasteiger partial charge in [-0.05, 0) is 37.1 Å². The van der Waals surface area contributed by atoms with Crippen LogP contribution in [0.4, 0.5) is 0 Å². The monoisotopic (exact) mass is 368 g/mol. The summed E-state index contributed by atoms with van der Waals surface area (Å²) in [5.41, 5.74) is 6.60. The number of ether oxygens (including phenoxy) is 1. The van der Waals surface area contributed by atoms with Crippen molar-refractivity contribution < 1.29 is 9.53 Å². The van der Waals surface area contributed by atoms with Gasteiger partial charge in [-0.3, -0.25) is 4.79 Å². The van der Waals surface area contributed by atoms with Crippen molar-refractivity contribution >= 4 is 21.8 Å². The van der Waals surface area contributed by atoms with Crippen LogP contribution >= 0.6 is 15.9 Å². The van der Waals surface area contributed by atoms with Gasteiger partial charge in [-0.1, -0.05) is 40.9 Å². The Kier molecular flexibility index (Phi) is 7.36. The van der Waals surface area contributed by atoms with Crippen molar-refractivity contribution in [3.05, 3.63) is 34.3 Å². The van der Waals surface area contributed by atoms with Gasteiger partial charge in [0, 0.05) is 17.4 Å². The number of amides is 1. The lowest BCUT2D eigenvalue weighted by atomic mass is 10.1. The predicted molar refractivity (Wildman–Crippen MR) is 91.6 cm³/mol. The van der Waals surface area contributed by atoms with Gasteiger partial charge in [0.25, 0.3) is 0 Å². The highest BCUT2D eigenvalue weighted by atomic mass is 79.9. The van der Waals surface area contributed by atoms with Crippen LogP contribution < -0.4 is 5.73 Å². The van der Waals surface area contributed by atoms with Gasteiger partial charge in [-0.2, -0.15) is 0 Å². The van der Waals surface area contributed by atoms with Crippen molar-refractivity contribution in [3.8, 4) is 0 Å². The smallest absolute Gasteiger partial charge is 0.222 e. The first-order valence-electron chi connectivity index (χ1n) is 8.05. The van der Waals surface area contributed by atoms with Gasteiger partial charge in [-0.25, -0.2) is 0 Å². The molecule has 0 saturated carbocycles. The van der Waals surface area contributed by atoms with Gasteiger partial charge in [0.1, 0.15) is 6.10 Å². The molecule has 2 rings (SSSR count). The van der Waals surface area contributed by atoms with E-state index in [0.29, 0.717) is 26.1 Å². The summed E-state index contributed by atoms with van der Waals surface area (Å²) in [6.45, 7) is 2.70. The zero-order chi connectivity index (χ0) is 15.8. The Morgan fingerprint density at radius 2 is 2.14 bits per heavy atom. The molecule has 1 saturated heterocycles. The van der Waals surface area contributed by atoms with Crippen molar-refractivity contribution in [2.75, 3.05) is 26.2 Å². The summed E-state index contributed by atoms with van der Waals surface area (Å²) in [5.74, 6) is 0.246. The number of unbranched alkanes of at least 4 members (excludes halogenated alkanes) is 3. The molecule has 0 radical (unpaired) electrons. The Labute approximate surface area is 141 Å². The Hall–Kier alpha value is -0.910. The molecule has 1 fully saturated rings. The van der Waals surface area contributed by atoms with Crippen LogP contribution in [-0.4, -0.2) is 37.0 Å². The molecule has 1 aliphatic heterocycles. The maximum absolute atomic E-state index is 12.3. The SMILES string of the molecule is NCCCCCCC(=O)N1CCOC(c2cccc(Br)c2)C1. The molecule has 22 heavy (non-hydrogen) atoms. The highest BCUT2D eigenvalue weighted by Crippen LogP contribution is 2.25. The van der Waals surface area contributed by atoms with E-state index in [2.05, 4.69) is 28.1 Å². The first-order chi connectivity index (χ1) is 10.7. The van der Waals surface area contributed by atoms with E-state index < -0.39 is 0 Å². The molecule has 122 valence electrons. The van der Waals surface area contributed by atoms with E-state index in [4.69, 9.17) is 10.5 Å². The van der Waals surface area contributed by atoms with Gasteiger partial charge < -0.3 is 15.4 Å². The number of rotatable bonds is 7. The van der Waals surface area contributed by atoms with Crippen LogP contribution in [-0.2, 0) is 9.53 Å². The molecule has 0 aromatic heterocycles. The molecule has 0 aliphatic carbocycles. The molecule has 0 bridgehead atoms. The topological polar surface area (TPSA) is 55.6 Å². The number of hydrogen-bond donors (Lipinski definition) is 1. The third-order valence-electron chi connectivity index (χ3n) is 3.98. The number of nitrogens with zero attached hydrogens (tertiary/aromatic N) is 1. The van der Waals surface area contributed by atoms with Crippen molar-refractivity contribution in [2.24, 2.45) is 5.73 Å². The third kappa shape index (κ3) is 5.38. The van der Waals surface area contributed by atoms with Crippen LogP contribution in [0.3, 0.4) is 0 Å². The molecule has 1 aromatic rings. The van der Waals surface area contributed by atoms with Crippen molar-refractivity contribution in [1.82, 2.24) is 4.90 Å². The van der Waals surface area contributed by atoms with Gasteiger partial charge in [0.2, 0.25) is 5.91 Å². The molecular formula is C17H25BrN2O2. The second kappa shape index (κ2) is 9.28. The van der Waals surface area contributed by atoms with Crippen molar-refractivity contribution in [2.45, 2.75) is 38.2 Å². The lowest BCUT2D eigenvalue weighted by Crippen LogP contribution is -2.42. The lowest BCUT2D eigenvalue weighted by molar-refractivity contribution is -0.139. The summed E-state index contributed by atoms with van der Waals surface area (Å²) in [6, 6.07) is 8.11. The number of carbonyl (C=O) groups excluding carboxylic acids is 1. The first kappa shape index (κ1) is 17.4. The minimum absolute atomic E-state index is 0.0209. The molecular weight excluding hydrogens is 344 g/mol. The normalized spacial score (nSPS) is 18.5. The summed E-state index contributed by atoms with van der Waals surface area (Å²) < 4.78 is 6.87. The van der Waals surface area contributed by atoms with Crippen LogP contribution in [0, 0.1) is 0 Å². The van der Waals surface area contributed by atoms with Gasteiger partial charge in [-0.15, -0.1) is 0 Å². The fourth-order valence-corrected chi connectivity index (χ4v) is 3.13. The van der Waals surface area contributed by atoms with E-state index in [9.17, 15) is 4.79 Å². The number of nitrogens with two attached hydrogens (primary N) is 1. The second-order valence-electron chi connectivity index (χ2n) is 5.71. The first-order valence-corrected chi connectivity index (χ1v) is 8.85. The van der Waals surface area contributed by atoms with Crippen molar-refractivity contribution in [1.29, 1.82) is 0 Å². The zero-order valence-electron chi connectivity index (χ0n) is 13.0. The van der Waals surface area contributed by atoms with E-state index in [-0.39, 0.29) is 12.0 Å². The summed E-state index contributed by atoms with van der Waals surface area (Å²) in [7, 11) is 0. The highest BCUT2D eigenvalue weighted by molar-refractivity contribution is 9.10. The van der Waals surface area contributed by atoms with Crippen LogP contribution in [0.15, 0.2) is 28.7 Å². The quantitative estimate of drug-likeness (QED) is 0.751. The number of hydrogen-bond acceptors (Lipinski definition) is 3. The molecule has 2 N–H and O–H groups in total. The predicted octanol–water partition coefficient (Wildman–Crippen LogP) is 3.26. The standard InChI is InChI=1S/C17H25BrN2O2/c18-15-7-5-6-14(12-15)16-13-20(10-11-22-16)17(21)8-3-1-2-4-9-19/h5-7,12,16H,1-4,8-11,13,19H2. The van der Waals surface area contributed by atoms with E-state index in [0.717, 1.165) is 42.3 Å². The molecule has 1 heterocycles. The van der Waals surface area contributed by atoms with E-state index in [1.54, 1.807) is 0 Å². The molecule has 5 heteroatoms. The van der Waals surface area contributed by atoms with E-state index >= 15 is 0 Å². The zero-order valence-corrected chi connectivity index (χ0v) is 14.6. The van der Waals surface area contributed by atoms with Crippen LogP contribution in [0.5, 0.6) is 0 Å². The maximum Gasteiger partial charge on any atom is 0.222 e. The number of benzene rings is 1. The fraction of sp³-hybridized carbons (Fsp3) is 0.588. The molecule has 1 aromatic carbocycles. The van der Waals surface area contributed by atoms with Gasteiger partial charge in [0.15, 0.2) is 0 Å². The summed E-state index contributed by atoms with van der Waals surface area (Å²) in [5, 5.41) is 0. The molecule has 1 atom stereocenters. The average molecular weight is 369 g/mol. The number of halogens is 1. The molecule has 1 amide bonds.